The number of nitriles is 1. The van der Waals surface area contributed by atoms with Gasteiger partial charge in [0.25, 0.3) is 11.8 Å². The number of benzene rings is 2. The molecule has 5 heteroatoms. The summed E-state index contributed by atoms with van der Waals surface area (Å²) in [7, 11) is 0. The Morgan fingerprint density at radius 1 is 0.897 bits per heavy atom. The number of hydrogen-bond acceptors (Lipinski definition) is 3. The smallest absolute Gasteiger partial charge is 0.255 e. The summed E-state index contributed by atoms with van der Waals surface area (Å²) in [5.74, 6) is 0.522. The summed E-state index contributed by atoms with van der Waals surface area (Å²) in [4.78, 5) is 27.5. The molecule has 1 saturated carbocycles. The maximum Gasteiger partial charge on any atom is 0.255 e. The maximum atomic E-state index is 13.1. The summed E-state index contributed by atoms with van der Waals surface area (Å²) >= 11 is 0. The lowest BCUT2D eigenvalue weighted by Gasteiger charge is -2.44. The van der Waals surface area contributed by atoms with Crippen molar-refractivity contribution >= 4 is 17.5 Å². The summed E-state index contributed by atoms with van der Waals surface area (Å²) in [6.07, 6.45) is 7.20. The number of fused-ring (bicyclic) bond motifs is 1. The van der Waals surface area contributed by atoms with Crippen LogP contribution in [0.4, 0.5) is 5.69 Å². The first-order valence-corrected chi connectivity index (χ1v) is 10.4. The number of likely N-dealkylation sites (tertiary alicyclic amines) is 1. The minimum absolute atomic E-state index is 0.103. The van der Waals surface area contributed by atoms with Crippen LogP contribution < -0.4 is 5.32 Å². The van der Waals surface area contributed by atoms with E-state index in [0.29, 0.717) is 34.3 Å². The molecule has 1 aliphatic heterocycles. The van der Waals surface area contributed by atoms with E-state index >= 15 is 0 Å². The van der Waals surface area contributed by atoms with E-state index in [9.17, 15) is 9.59 Å². The van der Waals surface area contributed by atoms with Gasteiger partial charge in [-0.2, -0.15) is 5.26 Å². The molecule has 2 aromatic rings. The van der Waals surface area contributed by atoms with E-state index in [-0.39, 0.29) is 11.8 Å². The van der Waals surface area contributed by atoms with Crippen molar-refractivity contribution in [3.8, 4) is 6.07 Å². The lowest BCUT2D eigenvalue weighted by Crippen LogP contribution is -2.49. The average molecular weight is 387 g/mol. The first kappa shape index (κ1) is 19.2. The van der Waals surface area contributed by atoms with Crippen LogP contribution in [0.3, 0.4) is 0 Å². The van der Waals surface area contributed by atoms with E-state index in [1.807, 2.05) is 6.07 Å². The number of hydrogen-bond donors (Lipinski definition) is 1. The van der Waals surface area contributed by atoms with Crippen molar-refractivity contribution in [2.24, 2.45) is 5.92 Å². The largest absolute Gasteiger partial charge is 0.335 e. The Labute approximate surface area is 171 Å². The first-order valence-electron chi connectivity index (χ1n) is 10.4. The van der Waals surface area contributed by atoms with Gasteiger partial charge in [0.1, 0.15) is 0 Å². The molecule has 0 aromatic heterocycles. The molecule has 4 rings (SSSR count). The summed E-state index contributed by atoms with van der Waals surface area (Å²) in [5, 5.41) is 11.7. The van der Waals surface area contributed by atoms with Crippen LogP contribution in [0, 0.1) is 17.2 Å². The molecule has 0 spiro atoms. The number of anilines is 1. The van der Waals surface area contributed by atoms with Crippen molar-refractivity contribution in [2.75, 3.05) is 11.9 Å². The van der Waals surface area contributed by atoms with Gasteiger partial charge in [0.05, 0.1) is 11.6 Å². The molecule has 2 aliphatic rings. The molecular formula is C24H25N3O2. The molecule has 1 saturated heterocycles. The monoisotopic (exact) mass is 387 g/mol. The summed E-state index contributed by atoms with van der Waals surface area (Å²) in [5.41, 5.74) is 2.32. The molecule has 2 atom stereocenters. The summed E-state index contributed by atoms with van der Waals surface area (Å²) in [6.45, 7) is 0.844. The lowest BCUT2D eigenvalue weighted by molar-refractivity contribution is 0.0390. The van der Waals surface area contributed by atoms with Crippen LogP contribution in [-0.2, 0) is 0 Å². The molecule has 148 valence electrons. The van der Waals surface area contributed by atoms with E-state index in [4.69, 9.17) is 5.26 Å². The second-order valence-electron chi connectivity index (χ2n) is 7.97. The highest BCUT2D eigenvalue weighted by Gasteiger charge is 2.35. The van der Waals surface area contributed by atoms with Crippen LogP contribution in [0.25, 0.3) is 0 Å². The van der Waals surface area contributed by atoms with E-state index < -0.39 is 0 Å². The highest BCUT2D eigenvalue weighted by Crippen LogP contribution is 2.36. The minimum Gasteiger partial charge on any atom is -0.335 e. The third kappa shape index (κ3) is 4.17. The van der Waals surface area contributed by atoms with Gasteiger partial charge in [-0.05, 0) is 80.1 Å². The maximum absolute atomic E-state index is 13.1. The molecule has 2 amide bonds. The van der Waals surface area contributed by atoms with Crippen molar-refractivity contribution < 1.29 is 9.59 Å². The van der Waals surface area contributed by atoms with Gasteiger partial charge in [-0.15, -0.1) is 0 Å². The van der Waals surface area contributed by atoms with Gasteiger partial charge in [-0.1, -0.05) is 12.8 Å². The number of nitrogens with one attached hydrogen (secondary N) is 1. The normalized spacial score (nSPS) is 21.0. The summed E-state index contributed by atoms with van der Waals surface area (Å²) < 4.78 is 0. The van der Waals surface area contributed by atoms with Crippen LogP contribution in [0.1, 0.15) is 64.8 Å². The molecule has 2 fully saturated rings. The van der Waals surface area contributed by atoms with E-state index in [1.165, 1.54) is 25.7 Å². The predicted octanol–water partition coefficient (Wildman–Crippen LogP) is 4.61. The SMILES string of the molecule is N#Cc1ccc(C(=O)Nc2ccc(C(=O)N3CCC[C@H]4CCCC[C@@H]43)cc2)cc1. The van der Waals surface area contributed by atoms with Crippen molar-refractivity contribution in [3.63, 3.8) is 0 Å². The van der Waals surface area contributed by atoms with Crippen LogP contribution in [-0.4, -0.2) is 29.3 Å². The molecule has 0 bridgehead atoms. The quantitative estimate of drug-likeness (QED) is 0.836. The third-order valence-corrected chi connectivity index (χ3v) is 6.17. The average Bonchev–Trinajstić information content (AvgIpc) is 2.78. The predicted molar refractivity (Wildman–Crippen MR) is 112 cm³/mol. The topological polar surface area (TPSA) is 73.2 Å². The molecular weight excluding hydrogens is 362 g/mol. The second-order valence-corrected chi connectivity index (χ2v) is 7.97. The first-order chi connectivity index (χ1) is 14.2. The molecule has 5 nitrogen and oxygen atoms in total. The Kier molecular flexibility index (Phi) is 5.62. The minimum atomic E-state index is -0.241. The lowest BCUT2D eigenvalue weighted by atomic mass is 9.78. The van der Waals surface area contributed by atoms with Crippen molar-refractivity contribution in [2.45, 2.75) is 44.6 Å². The van der Waals surface area contributed by atoms with Gasteiger partial charge < -0.3 is 10.2 Å². The van der Waals surface area contributed by atoms with Gasteiger partial charge in [0.2, 0.25) is 0 Å². The van der Waals surface area contributed by atoms with Crippen molar-refractivity contribution in [3.05, 3.63) is 65.2 Å². The Morgan fingerprint density at radius 2 is 1.55 bits per heavy atom. The molecule has 2 aromatic carbocycles. The Balaban J connectivity index is 1.42. The molecule has 29 heavy (non-hydrogen) atoms. The fraction of sp³-hybridized carbons (Fsp3) is 0.375. The van der Waals surface area contributed by atoms with Gasteiger partial charge in [0, 0.05) is 29.4 Å². The standard InChI is InChI=1S/C24H25N3O2/c25-16-17-7-9-19(10-8-17)23(28)26-21-13-11-20(12-14-21)24(29)27-15-3-5-18-4-1-2-6-22(18)27/h7-14,18,22H,1-6,15H2,(H,26,28)/t18-,22+/m1/s1. The number of carbonyl (C=O) groups is 2. The zero-order valence-electron chi connectivity index (χ0n) is 16.4. The van der Waals surface area contributed by atoms with Crippen LogP contribution in [0.2, 0.25) is 0 Å². The van der Waals surface area contributed by atoms with Gasteiger partial charge in [-0.25, -0.2) is 0 Å². The number of amides is 2. The van der Waals surface area contributed by atoms with E-state index in [2.05, 4.69) is 10.2 Å². The third-order valence-electron chi connectivity index (χ3n) is 6.17. The van der Waals surface area contributed by atoms with E-state index in [0.717, 1.165) is 19.4 Å². The number of rotatable bonds is 3. The van der Waals surface area contributed by atoms with Gasteiger partial charge in [0.15, 0.2) is 0 Å². The van der Waals surface area contributed by atoms with Crippen LogP contribution in [0.5, 0.6) is 0 Å². The molecule has 0 radical (unpaired) electrons. The molecule has 1 heterocycles. The number of carbonyl (C=O) groups excluding carboxylic acids is 2. The second kappa shape index (κ2) is 8.48. The molecule has 1 aliphatic carbocycles. The zero-order valence-corrected chi connectivity index (χ0v) is 16.4. The van der Waals surface area contributed by atoms with Crippen molar-refractivity contribution in [1.29, 1.82) is 5.26 Å². The Hall–Kier alpha value is -3.13. The zero-order chi connectivity index (χ0) is 20.2. The van der Waals surface area contributed by atoms with Gasteiger partial charge >= 0.3 is 0 Å². The fourth-order valence-electron chi connectivity index (χ4n) is 4.64. The molecule has 0 unspecified atom stereocenters. The molecule has 1 N–H and O–H groups in total. The number of nitrogens with zero attached hydrogens (tertiary/aromatic N) is 2. The number of piperidine rings is 1. The van der Waals surface area contributed by atoms with Crippen LogP contribution in [0.15, 0.2) is 48.5 Å². The Bertz CT molecular complexity index is 926. The highest BCUT2D eigenvalue weighted by atomic mass is 16.2. The van der Waals surface area contributed by atoms with Gasteiger partial charge in [-0.3, -0.25) is 9.59 Å². The summed E-state index contributed by atoms with van der Waals surface area (Å²) in [6, 6.07) is 16.1. The van der Waals surface area contributed by atoms with Crippen molar-refractivity contribution in [1.82, 2.24) is 4.90 Å². The highest BCUT2D eigenvalue weighted by molar-refractivity contribution is 6.04. The van der Waals surface area contributed by atoms with E-state index in [1.54, 1.807) is 48.5 Å². The fourth-order valence-corrected chi connectivity index (χ4v) is 4.64. The van der Waals surface area contributed by atoms with Crippen LogP contribution >= 0.6 is 0 Å². The Morgan fingerprint density at radius 3 is 2.28 bits per heavy atom.